The smallest absolute Gasteiger partial charge is 0.217 e. The summed E-state index contributed by atoms with van der Waals surface area (Å²) in [5.74, 6) is 0.899. The van der Waals surface area contributed by atoms with E-state index in [1.807, 2.05) is 6.07 Å². The first kappa shape index (κ1) is 22.5. The molecule has 1 fully saturated rings. The number of phenolic OH excluding ortho intramolecular Hbond substituents is 1. The second-order valence-electron chi connectivity index (χ2n) is 9.46. The Morgan fingerprint density at radius 2 is 2.06 bits per heavy atom. The van der Waals surface area contributed by atoms with Gasteiger partial charge in [-0.2, -0.15) is 0 Å². The van der Waals surface area contributed by atoms with Gasteiger partial charge in [0.1, 0.15) is 11.5 Å². The summed E-state index contributed by atoms with van der Waals surface area (Å²) in [6.07, 6.45) is 8.72. The van der Waals surface area contributed by atoms with Crippen molar-refractivity contribution in [3.8, 4) is 11.5 Å². The van der Waals surface area contributed by atoms with Crippen LogP contribution in [0.15, 0.2) is 42.5 Å². The van der Waals surface area contributed by atoms with Crippen molar-refractivity contribution in [2.24, 2.45) is 5.73 Å². The van der Waals surface area contributed by atoms with E-state index in [-0.39, 0.29) is 23.7 Å². The van der Waals surface area contributed by atoms with Crippen LogP contribution in [0.5, 0.6) is 11.5 Å². The summed E-state index contributed by atoms with van der Waals surface area (Å²) in [5.41, 5.74) is 8.83. The van der Waals surface area contributed by atoms with E-state index >= 15 is 0 Å². The van der Waals surface area contributed by atoms with Crippen molar-refractivity contribution in [1.82, 2.24) is 0 Å². The normalized spacial score (nSPS) is 20.8. The number of carbonyl (C=O) groups excluding carboxylic acids is 1. The molecule has 2 heterocycles. The van der Waals surface area contributed by atoms with Gasteiger partial charge < -0.3 is 20.5 Å². The zero-order chi connectivity index (χ0) is 22.5. The quantitative estimate of drug-likeness (QED) is 0.560. The zero-order valence-corrected chi connectivity index (χ0v) is 19.1. The molecule has 172 valence electrons. The average Bonchev–Trinajstić information content (AvgIpc) is 2.78. The van der Waals surface area contributed by atoms with Crippen molar-refractivity contribution >= 4 is 11.6 Å². The predicted molar refractivity (Wildman–Crippen MR) is 128 cm³/mol. The average molecular weight is 437 g/mol. The number of aryl methyl sites for hydroxylation is 1. The Hall–Kier alpha value is -2.69. The molecule has 0 bridgehead atoms. The molecule has 5 nitrogen and oxygen atoms in total. The summed E-state index contributed by atoms with van der Waals surface area (Å²) in [7, 11) is 0. The highest BCUT2D eigenvalue weighted by atomic mass is 16.5. The van der Waals surface area contributed by atoms with E-state index < -0.39 is 0 Å². The van der Waals surface area contributed by atoms with E-state index in [1.54, 1.807) is 6.07 Å². The minimum Gasteiger partial charge on any atom is -0.507 e. The number of benzene rings is 2. The van der Waals surface area contributed by atoms with Crippen LogP contribution in [0.25, 0.3) is 0 Å². The highest BCUT2D eigenvalue weighted by Gasteiger charge is 2.36. The second-order valence-corrected chi connectivity index (χ2v) is 9.46. The number of nitrogens with zero attached hydrogens (tertiary/aromatic N) is 1. The van der Waals surface area contributed by atoms with Gasteiger partial charge in [-0.25, -0.2) is 0 Å². The van der Waals surface area contributed by atoms with E-state index in [4.69, 9.17) is 10.5 Å². The van der Waals surface area contributed by atoms with E-state index in [9.17, 15) is 9.90 Å². The molecule has 4 rings (SSSR count). The van der Waals surface area contributed by atoms with Crippen LogP contribution in [0, 0.1) is 0 Å². The van der Waals surface area contributed by atoms with Crippen LogP contribution in [-0.2, 0) is 11.2 Å². The first-order valence-corrected chi connectivity index (χ1v) is 12.1. The number of rotatable bonds is 9. The lowest BCUT2D eigenvalue weighted by Crippen LogP contribution is -2.44. The number of carbonyl (C=O) groups is 1. The minimum absolute atomic E-state index is 0.0718. The molecule has 1 amide bonds. The molecule has 2 aliphatic heterocycles. The van der Waals surface area contributed by atoms with Gasteiger partial charge in [0.05, 0.1) is 6.10 Å². The molecular weight excluding hydrogens is 400 g/mol. The van der Waals surface area contributed by atoms with Gasteiger partial charge >= 0.3 is 0 Å². The van der Waals surface area contributed by atoms with Gasteiger partial charge in [-0.1, -0.05) is 30.3 Å². The van der Waals surface area contributed by atoms with E-state index in [0.717, 1.165) is 55.6 Å². The number of hydrogen-bond donors (Lipinski definition) is 2. The molecule has 2 aromatic carbocycles. The van der Waals surface area contributed by atoms with Crippen LogP contribution in [0.4, 0.5) is 5.69 Å². The van der Waals surface area contributed by atoms with Gasteiger partial charge in [-0.05, 0) is 69.8 Å². The van der Waals surface area contributed by atoms with Crippen LogP contribution in [0.2, 0.25) is 0 Å². The Morgan fingerprint density at radius 1 is 1.25 bits per heavy atom. The Kier molecular flexibility index (Phi) is 7.23. The standard InChI is InChI=1S/C27H36N2O3/c1-19(8-7-11-20-9-3-2-4-10-20)32-23-17-24-27(25(30)18-23)21(13-14-26(28)31)16-22-12-5-6-15-29(22)24/h2-4,9-10,17-19,21-22,30H,5-8,11-16H2,1H3,(H2,28,31). The molecule has 3 N–H and O–H groups in total. The molecule has 0 saturated carbocycles. The molecule has 3 atom stereocenters. The maximum Gasteiger partial charge on any atom is 0.217 e. The number of primary amides is 1. The van der Waals surface area contributed by atoms with Gasteiger partial charge in [-0.15, -0.1) is 0 Å². The van der Waals surface area contributed by atoms with Gasteiger partial charge in [0, 0.05) is 42.4 Å². The van der Waals surface area contributed by atoms with Gasteiger partial charge in [-0.3, -0.25) is 4.79 Å². The number of ether oxygens (including phenoxy) is 1. The summed E-state index contributed by atoms with van der Waals surface area (Å²) >= 11 is 0. The lowest BCUT2D eigenvalue weighted by atomic mass is 9.79. The summed E-state index contributed by atoms with van der Waals surface area (Å²) < 4.78 is 6.25. The van der Waals surface area contributed by atoms with Crippen LogP contribution >= 0.6 is 0 Å². The van der Waals surface area contributed by atoms with Crippen molar-refractivity contribution in [3.05, 3.63) is 53.6 Å². The lowest BCUT2D eigenvalue weighted by molar-refractivity contribution is -0.118. The molecule has 1 saturated heterocycles. The van der Waals surface area contributed by atoms with Gasteiger partial charge in [0.2, 0.25) is 5.91 Å². The Balaban J connectivity index is 1.47. The number of aromatic hydroxyl groups is 1. The molecule has 2 aromatic rings. The summed E-state index contributed by atoms with van der Waals surface area (Å²) in [6, 6.07) is 14.9. The number of anilines is 1. The molecular formula is C27H36N2O3. The fraction of sp³-hybridized carbons (Fsp3) is 0.519. The van der Waals surface area contributed by atoms with E-state index in [0.29, 0.717) is 18.9 Å². The number of hydrogen-bond acceptors (Lipinski definition) is 4. The number of phenols is 1. The summed E-state index contributed by atoms with van der Waals surface area (Å²) in [6.45, 7) is 3.11. The third-order valence-electron chi connectivity index (χ3n) is 7.01. The Morgan fingerprint density at radius 3 is 2.84 bits per heavy atom. The number of fused-ring (bicyclic) bond motifs is 3. The molecule has 3 unspecified atom stereocenters. The molecule has 0 radical (unpaired) electrons. The van der Waals surface area contributed by atoms with Crippen LogP contribution in [-0.4, -0.2) is 29.7 Å². The van der Waals surface area contributed by atoms with Crippen molar-refractivity contribution in [3.63, 3.8) is 0 Å². The van der Waals surface area contributed by atoms with Crippen LogP contribution in [0.1, 0.15) is 75.3 Å². The van der Waals surface area contributed by atoms with Crippen molar-refractivity contribution in [2.75, 3.05) is 11.4 Å². The highest BCUT2D eigenvalue weighted by Crippen LogP contribution is 2.49. The maximum absolute atomic E-state index is 11.4. The molecule has 0 aromatic heterocycles. The van der Waals surface area contributed by atoms with E-state index in [1.165, 1.54) is 18.4 Å². The lowest BCUT2D eigenvalue weighted by Gasteiger charge is -2.45. The topological polar surface area (TPSA) is 75.8 Å². The molecule has 0 aliphatic carbocycles. The number of amides is 1. The van der Waals surface area contributed by atoms with Crippen molar-refractivity contribution < 1.29 is 14.6 Å². The first-order valence-electron chi connectivity index (χ1n) is 12.1. The third kappa shape index (κ3) is 5.37. The predicted octanol–water partition coefficient (Wildman–Crippen LogP) is 5.29. The van der Waals surface area contributed by atoms with Gasteiger partial charge in [0.15, 0.2) is 0 Å². The van der Waals surface area contributed by atoms with Gasteiger partial charge in [0.25, 0.3) is 0 Å². The van der Waals surface area contributed by atoms with E-state index in [2.05, 4.69) is 42.2 Å². The zero-order valence-electron chi connectivity index (χ0n) is 19.1. The Bertz CT molecular complexity index is 915. The minimum atomic E-state index is -0.276. The Labute approximate surface area is 191 Å². The second kappa shape index (κ2) is 10.3. The number of piperidine rings is 1. The van der Waals surface area contributed by atoms with Crippen LogP contribution in [0.3, 0.4) is 0 Å². The molecule has 0 spiro atoms. The fourth-order valence-corrected chi connectivity index (χ4v) is 5.44. The summed E-state index contributed by atoms with van der Waals surface area (Å²) in [4.78, 5) is 13.9. The third-order valence-corrected chi connectivity index (χ3v) is 7.01. The maximum atomic E-state index is 11.4. The largest absolute Gasteiger partial charge is 0.507 e. The first-order chi connectivity index (χ1) is 15.5. The monoisotopic (exact) mass is 436 g/mol. The molecule has 32 heavy (non-hydrogen) atoms. The van der Waals surface area contributed by atoms with Crippen molar-refractivity contribution in [1.29, 1.82) is 0 Å². The molecule has 5 heteroatoms. The molecule has 2 aliphatic rings. The fourth-order valence-electron chi connectivity index (χ4n) is 5.44. The summed E-state index contributed by atoms with van der Waals surface area (Å²) in [5, 5.41) is 11.0. The number of nitrogens with two attached hydrogens (primary N) is 1. The van der Waals surface area contributed by atoms with Crippen molar-refractivity contribution in [2.45, 2.75) is 82.8 Å². The SMILES string of the molecule is CC(CCCc1ccccc1)Oc1cc(O)c2c(c1)N1CCCCC1CC2CCC(N)=O. The van der Waals surface area contributed by atoms with Crippen LogP contribution < -0.4 is 15.4 Å². The highest BCUT2D eigenvalue weighted by molar-refractivity contribution is 5.74.